The van der Waals surface area contributed by atoms with Crippen molar-refractivity contribution in [2.75, 3.05) is 11.1 Å². The van der Waals surface area contributed by atoms with Gasteiger partial charge < -0.3 is 5.73 Å². The summed E-state index contributed by atoms with van der Waals surface area (Å²) in [7, 11) is 0. The van der Waals surface area contributed by atoms with Crippen molar-refractivity contribution in [3.8, 4) is 0 Å². The molecule has 0 aliphatic carbocycles. The van der Waals surface area contributed by atoms with Crippen LogP contribution in [-0.2, 0) is 11.3 Å². The minimum absolute atomic E-state index is 0.0253. The second-order valence-corrected chi connectivity index (χ2v) is 8.63. The van der Waals surface area contributed by atoms with E-state index < -0.39 is 23.5 Å². The molecule has 3 rings (SSSR count). The van der Waals surface area contributed by atoms with E-state index in [1.807, 2.05) is 5.82 Å². The number of aromatic amines is 1. The van der Waals surface area contributed by atoms with E-state index in [9.17, 15) is 19.5 Å². The number of fused-ring (bicyclic) bond motifs is 1. The number of aliphatic carboxylic acids is 1. The molecule has 1 amide bonds. The Morgan fingerprint density at radius 1 is 1.26 bits per heavy atom. The summed E-state index contributed by atoms with van der Waals surface area (Å²) in [5.41, 5.74) is 6.88. The Morgan fingerprint density at radius 2 is 2.00 bits per heavy atom. The van der Waals surface area contributed by atoms with Gasteiger partial charge in [0.05, 0.1) is 6.20 Å². The van der Waals surface area contributed by atoms with Gasteiger partial charge >= 0.3 is 124 Å². The first kappa shape index (κ1) is 22.2. The first-order valence-corrected chi connectivity index (χ1v) is 12.2. The minimum atomic E-state index is -1.04. The zero-order chi connectivity index (χ0) is 22.4. The number of anilines is 2. The maximum atomic E-state index is 12.3. The third-order valence-electron chi connectivity index (χ3n) is 4.32. The van der Waals surface area contributed by atoms with Crippen LogP contribution in [0.2, 0.25) is 11.1 Å². The number of benzene rings is 1. The summed E-state index contributed by atoms with van der Waals surface area (Å²) in [6, 6.07) is 5.70. The summed E-state index contributed by atoms with van der Waals surface area (Å²) in [6.45, 7) is 0.290. The summed E-state index contributed by atoms with van der Waals surface area (Å²) in [4.78, 5) is 50.2. The van der Waals surface area contributed by atoms with Gasteiger partial charge in [-0.1, -0.05) is 0 Å². The van der Waals surface area contributed by atoms with E-state index in [1.54, 1.807) is 24.3 Å². The third kappa shape index (κ3) is 5.77. The zero-order valence-corrected chi connectivity index (χ0v) is 18.3. The molecular formula is C19H21N7O4Se. The van der Waals surface area contributed by atoms with Crippen LogP contribution in [-0.4, -0.2) is 57.9 Å². The Kier molecular flexibility index (Phi) is 7.16. The predicted octanol–water partition coefficient (Wildman–Crippen LogP) is 0.651. The first-order valence-electron chi connectivity index (χ1n) is 9.25. The summed E-state index contributed by atoms with van der Waals surface area (Å²) in [6.07, 6.45) is 1.90. The fourth-order valence-corrected chi connectivity index (χ4v) is 3.71. The van der Waals surface area contributed by atoms with Gasteiger partial charge in [-0.05, 0) is 0 Å². The van der Waals surface area contributed by atoms with Crippen LogP contribution in [0.4, 0.5) is 11.6 Å². The average Bonchev–Trinajstić information content (AvgIpc) is 2.75. The number of hydrogen-bond donors (Lipinski definition) is 5. The van der Waals surface area contributed by atoms with Crippen LogP contribution in [0.3, 0.4) is 0 Å². The first-order chi connectivity index (χ1) is 14.9. The number of carbonyl (C=O) groups is 2. The Hall–Kier alpha value is -3.50. The van der Waals surface area contributed by atoms with Crippen molar-refractivity contribution >= 4 is 49.6 Å². The second kappa shape index (κ2) is 10.0. The molecule has 0 radical (unpaired) electrons. The molecule has 0 unspecified atom stereocenters. The SMILES string of the molecule is C[Se]CC[C@H](NC(=O)c1ccc(NCc2cnc3nc(N)[nH]c(=O)c3n2)cc1)C(=O)O. The van der Waals surface area contributed by atoms with Crippen LogP contribution >= 0.6 is 0 Å². The van der Waals surface area contributed by atoms with Crippen LogP contribution in [0.15, 0.2) is 35.3 Å². The Morgan fingerprint density at radius 3 is 2.68 bits per heavy atom. The molecule has 0 fully saturated rings. The number of amides is 1. The average molecular weight is 490 g/mol. The third-order valence-corrected chi connectivity index (χ3v) is 5.67. The standard InChI is InChI=1S/C19H21N7O4Se/c1-31-7-6-13(18(29)30)24-16(27)10-2-4-11(5-3-10)21-8-12-9-22-15-14(23-12)17(28)26-19(20)25-15/h2-5,9,13,21H,6-8H2,1H3,(H,24,27)(H,29,30)(H3,20,22,25,26,28)/t13-/m0/s1. The fourth-order valence-electron chi connectivity index (χ4n) is 2.72. The van der Waals surface area contributed by atoms with Gasteiger partial charge in [-0.25, -0.2) is 9.97 Å². The number of carboxylic acids is 1. The number of H-pyrrole nitrogens is 1. The molecule has 12 heteroatoms. The summed E-state index contributed by atoms with van der Waals surface area (Å²) >= 11 is 0.346. The molecule has 1 aromatic carbocycles. The molecule has 0 aliphatic heterocycles. The van der Waals surface area contributed by atoms with Gasteiger partial charge in [-0.2, -0.15) is 4.98 Å². The number of nitrogens with zero attached hydrogens (tertiary/aromatic N) is 3. The van der Waals surface area contributed by atoms with E-state index in [2.05, 4.69) is 30.6 Å². The molecule has 162 valence electrons. The van der Waals surface area contributed by atoms with Crippen molar-refractivity contribution in [3.05, 3.63) is 52.1 Å². The second-order valence-electron chi connectivity index (χ2n) is 6.56. The van der Waals surface area contributed by atoms with Crippen molar-refractivity contribution in [3.63, 3.8) is 0 Å². The van der Waals surface area contributed by atoms with Crippen LogP contribution in [0.25, 0.3) is 11.2 Å². The number of nitrogens with two attached hydrogens (primary N) is 1. The number of rotatable bonds is 9. The van der Waals surface area contributed by atoms with Crippen molar-refractivity contribution in [2.24, 2.45) is 0 Å². The Bertz CT molecular complexity index is 1150. The number of nitrogens with one attached hydrogen (secondary N) is 3. The molecule has 0 aliphatic rings. The number of carbonyl (C=O) groups excluding carboxylic acids is 1. The molecular weight excluding hydrogens is 469 g/mol. The molecule has 1 atom stereocenters. The van der Waals surface area contributed by atoms with Crippen LogP contribution < -0.4 is 21.9 Å². The van der Waals surface area contributed by atoms with E-state index in [0.29, 0.717) is 38.3 Å². The molecule has 2 heterocycles. The zero-order valence-electron chi connectivity index (χ0n) is 16.6. The molecule has 11 nitrogen and oxygen atoms in total. The molecule has 0 spiro atoms. The number of aromatic nitrogens is 4. The topological polar surface area (TPSA) is 176 Å². The molecule has 3 aromatic rings. The van der Waals surface area contributed by atoms with Crippen molar-refractivity contribution in [2.45, 2.75) is 30.1 Å². The molecule has 31 heavy (non-hydrogen) atoms. The molecule has 0 saturated heterocycles. The normalized spacial score (nSPS) is 11.8. The van der Waals surface area contributed by atoms with Gasteiger partial charge in [0.2, 0.25) is 5.95 Å². The van der Waals surface area contributed by atoms with Gasteiger partial charge in [0.15, 0.2) is 11.2 Å². The van der Waals surface area contributed by atoms with Crippen molar-refractivity contribution in [1.29, 1.82) is 0 Å². The van der Waals surface area contributed by atoms with Crippen molar-refractivity contribution in [1.82, 2.24) is 25.3 Å². The molecule has 2 aromatic heterocycles. The van der Waals surface area contributed by atoms with Gasteiger partial charge in [-0.3, -0.25) is 9.78 Å². The van der Waals surface area contributed by atoms with Crippen LogP contribution in [0, 0.1) is 0 Å². The van der Waals surface area contributed by atoms with Crippen LogP contribution in [0.5, 0.6) is 0 Å². The number of hydrogen-bond acceptors (Lipinski definition) is 8. The monoisotopic (exact) mass is 491 g/mol. The molecule has 0 bridgehead atoms. The van der Waals surface area contributed by atoms with E-state index in [-0.39, 0.29) is 23.7 Å². The van der Waals surface area contributed by atoms with Gasteiger partial charge in [0, 0.05) is 0 Å². The van der Waals surface area contributed by atoms with Gasteiger partial charge in [-0.15, -0.1) is 0 Å². The summed E-state index contributed by atoms with van der Waals surface area (Å²) < 4.78 is 0. The summed E-state index contributed by atoms with van der Waals surface area (Å²) in [5.74, 6) is 0.522. The quantitative estimate of drug-likeness (QED) is 0.270. The fraction of sp³-hybridized carbons (Fsp3) is 0.263. The van der Waals surface area contributed by atoms with E-state index in [1.165, 1.54) is 6.20 Å². The summed E-state index contributed by atoms with van der Waals surface area (Å²) in [5, 5.41) is 15.7. The number of carboxylic acid groups (broad SMARTS) is 1. The van der Waals surface area contributed by atoms with E-state index in [4.69, 9.17) is 5.73 Å². The maximum absolute atomic E-state index is 12.3. The van der Waals surface area contributed by atoms with Gasteiger partial charge in [0.1, 0.15) is 0 Å². The van der Waals surface area contributed by atoms with Crippen molar-refractivity contribution < 1.29 is 14.7 Å². The van der Waals surface area contributed by atoms with Crippen LogP contribution in [0.1, 0.15) is 22.5 Å². The molecule has 0 saturated carbocycles. The number of nitrogen functional groups attached to an aromatic ring is 1. The Balaban J connectivity index is 1.63. The Labute approximate surface area is 183 Å². The van der Waals surface area contributed by atoms with Gasteiger partial charge in [0.25, 0.3) is 5.56 Å². The van der Waals surface area contributed by atoms with E-state index >= 15 is 0 Å². The van der Waals surface area contributed by atoms with E-state index in [0.717, 1.165) is 5.32 Å². The molecule has 6 N–H and O–H groups in total. The predicted molar refractivity (Wildman–Crippen MR) is 116 cm³/mol.